The van der Waals surface area contributed by atoms with E-state index in [0.717, 1.165) is 12.1 Å². The van der Waals surface area contributed by atoms with Gasteiger partial charge in [0.15, 0.2) is 0 Å². The summed E-state index contributed by atoms with van der Waals surface area (Å²) >= 11 is 0. The standard InChI is InChI=1S/C18H13F3N2O4/c1-27-13-8-6-12(7-9-13)23-16(25)15(24)22(17(23)26)10-11-4-2-3-5-14(11)18(19,20)21/h2-9H,10H2,1H3. The summed E-state index contributed by atoms with van der Waals surface area (Å²) in [6.07, 6.45) is -4.65. The lowest BCUT2D eigenvalue weighted by atomic mass is 10.1. The van der Waals surface area contributed by atoms with E-state index in [9.17, 15) is 27.6 Å². The highest BCUT2D eigenvalue weighted by atomic mass is 19.4. The van der Waals surface area contributed by atoms with Gasteiger partial charge in [-0.25, -0.2) is 9.69 Å². The lowest BCUT2D eigenvalue weighted by Crippen LogP contribution is -2.33. The second kappa shape index (κ2) is 6.75. The van der Waals surface area contributed by atoms with Gasteiger partial charge < -0.3 is 4.74 Å². The highest BCUT2D eigenvalue weighted by Crippen LogP contribution is 2.33. The third kappa shape index (κ3) is 3.35. The highest BCUT2D eigenvalue weighted by Gasteiger charge is 2.46. The minimum Gasteiger partial charge on any atom is -0.497 e. The van der Waals surface area contributed by atoms with E-state index in [-0.39, 0.29) is 11.3 Å². The summed E-state index contributed by atoms with van der Waals surface area (Å²) in [6.45, 7) is -0.661. The zero-order chi connectivity index (χ0) is 19.8. The maximum absolute atomic E-state index is 13.1. The van der Waals surface area contributed by atoms with E-state index in [1.54, 1.807) is 0 Å². The van der Waals surface area contributed by atoms with Crippen molar-refractivity contribution in [3.8, 4) is 5.75 Å². The van der Waals surface area contributed by atoms with Gasteiger partial charge in [-0.15, -0.1) is 0 Å². The third-order valence-electron chi connectivity index (χ3n) is 4.04. The Bertz CT molecular complexity index is 910. The van der Waals surface area contributed by atoms with E-state index in [4.69, 9.17) is 4.74 Å². The number of halogens is 3. The van der Waals surface area contributed by atoms with Crippen LogP contribution < -0.4 is 9.64 Å². The maximum atomic E-state index is 13.1. The number of hydrogen-bond acceptors (Lipinski definition) is 4. The SMILES string of the molecule is COc1ccc(N2C(=O)C(=O)N(Cc3ccccc3C(F)(F)F)C2=O)cc1. The quantitative estimate of drug-likeness (QED) is 0.605. The van der Waals surface area contributed by atoms with Crippen molar-refractivity contribution >= 4 is 23.5 Å². The predicted octanol–water partition coefficient (Wildman–Crippen LogP) is 3.21. The van der Waals surface area contributed by atoms with E-state index in [2.05, 4.69) is 0 Å². The first-order valence-electron chi connectivity index (χ1n) is 7.73. The van der Waals surface area contributed by atoms with Crippen LogP contribution in [0.15, 0.2) is 48.5 Å². The van der Waals surface area contributed by atoms with Crippen molar-refractivity contribution in [2.24, 2.45) is 0 Å². The number of anilines is 1. The molecule has 0 bridgehead atoms. The van der Waals surface area contributed by atoms with Crippen molar-refractivity contribution in [2.75, 3.05) is 12.0 Å². The molecule has 1 aliphatic rings. The first-order valence-corrected chi connectivity index (χ1v) is 7.73. The molecule has 0 saturated carbocycles. The molecule has 1 aliphatic heterocycles. The summed E-state index contributed by atoms with van der Waals surface area (Å²) < 4.78 is 44.4. The Morgan fingerprint density at radius 2 is 1.56 bits per heavy atom. The van der Waals surface area contributed by atoms with Gasteiger partial charge in [0, 0.05) is 0 Å². The van der Waals surface area contributed by atoms with Crippen molar-refractivity contribution in [3.63, 3.8) is 0 Å². The van der Waals surface area contributed by atoms with Gasteiger partial charge in [-0.05, 0) is 35.9 Å². The number of rotatable bonds is 4. The highest BCUT2D eigenvalue weighted by molar-refractivity contribution is 6.52. The van der Waals surface area contributed by atoms with Gasteiger partial charge >= 0.3 is 24.0 Å². The number of nitrogens with zero attached hydrogens (tertiary/aromatic N) is 2. The van der Waals surface area contributed by atoms with E-state index in [0.29, 0.717) is 15.5 Å². The second-order valence-corrected chi connectivity index (χ2v) is 5.67. The molecule has 1 fully saturated rings. The number of urea groups is 1. The Morgan fingerprint density at radius 3 is 2.15 bits per heavy atom. The van der Waals surface area contributed by atoms with Crippen LogP contribution in [0.25, 0.3) is 0 Å². The van der Waals surface area contributed by atoms with Crippen molar-refractivity contribution in [2.45, 2.75) is 12.7 Å². The molecule has 2 aromatic carbocycles. The Morgan fingerprint density at radius 1 is 0.926 bits per heavy atom. The van der Waals surface area contributed by atoms with Crippen molar-refractivity contribution in [3.05, 3.63) is 59.7 Å². The Kier molecular flexibility index (Phi) is 4.61. The number of hydrogen-bond donors (Lipinski definition) is 0. The molecule has 0 N–H and O–H groups in total. The molecule has 6 nitrogen and oxygen atoms in total. The number of alkyl halides is 3. The minimum atomic E-state index is -4.65. The van der Waals surface area contributed by atoms with Gasteiger partial charge in [-0.2, -0.15) is 13.2 Å². The molecule has 140 valence electrons. The van der Waals surface area contributed by atoms with Gasteiger partial charge in [-0.1, -0.05) is 18.2 Å². The topological polar surface area (TPSA) is 66.9 Å². The lowest BCUT2D eigenvalue weighted by Gasteiger charge is -2.18. The van der Waals surface area contributed by atoms with Crippen molar-refractivity contribution in [1.82, 2.24) is 4.90 Å². The summed E-state index contributed by atoms with van der Waals surface area (Å²) in [5.74, 6) is -1.84. The molecule has 3 rings (SSSR count). The van der Waals surface area contributed by atoms with Crippen LogP contribution in [0.3, 0.4) is 0 Å². The molecular formula is C18H13F3N2O4. The predicted molar refractivity (Wildman–Crippen MR) is 87.9 cm³/mol. The monoisotopic (exact) mass is 378 g/mol. The van der Waals surface area contributed by atoms with Gasteiger partial charge in [0.05, 0.1) is 24.9 Å². The van der Waals surface area contributed by atoms with E-state index in [1.807, 2.05) is 0 Å². The summed E-state index contributed by atoms with van der Waals surface area (Å²) in [7, 11) is 1.44. The summed E-state index contributed by atoms with van der Waals surface area (Å²) in [5, 5.41) is 0. The van der Waals surface area contributed by atoms with E-state index >= 15 is 0 Å². The molecule has 0 spiro atoms. The first kappa shape index (κ1) is 18.4. The van der Waals surface area contributed by atoms with Crippen LogP contribution >= 0.6 is 0 Å². The average Bonchev–Trinajstić information content (AvgIpc) is 2.85. The minimum absolute atomic E-state index is 0.116. The van der Waals surface area contributed by atoms with Crippen LogP contribution in [0.4, 0.5) is 23.7 Å². The van der Waals surface area contributed by atoms with Crippen molar-refractivity contribution < 1.29 is 32.3 Å². The Labute approximate surface area is 151 Å². The van der Waals surface area contributed by atoms with Crippen LogP contribution in [0, 0.1) is 0 Å². The van der Waals surface area contributed by atoms with Gasteiger partial charge in [0.1, 0.15) is 5.75 Å². The lowest BCUT2D eigenvalue weighted by molar-refractivity contribution is -0.141. The molecule has 4 amide bonds. The zero-order valence-corrected chi connectivity index (χ0v) is 14.0. The van der Waals surface area contributed by atoms with Gasteiger partial charge in [-0.3, -0.25) is 14.5 Å². The molecule has 27 heavy (non-hydrogen) atoms. The molecule has 1 saturated heterocycles. The number of carbonyl (C=O) groups is 3. The molecule has 0 aliphatic carbocycles. The molecule has 0 atom stereocenters. The fourth-order valence-electron chi connectivity index (χ4n) is 2.71. The maximum Gasteiger partial charge on any atom is 0.416 e. The van der Waals surface area contributed by atoms with E-state index < -0.39 is 36.1 Å². The number of amides is 4. The Balaban J connectivity index is 1.91. The van der Waals surface area contributed by atoms with Crippen LogP contribution in [0.2, 0.25) is 0 Å². The number of methoxy groups -OCH3 is 1. The van der Waals surface area contributed by atoms with E-state index in [1.165, 1.54) is 43.5 Å². The molecule has 0 aromatic heterocycles. The summed E-state index contributed by atoms with van der Waals surface area (Å²) in [4.78, 5) is 38.1. The number of carbonyl (C=O) groups excluding carboxylic acids is 3. The fraction of sp³-hybridized carbons (Fsp3) is 0.167. The summed E-state index contributed by atoms with van der Waals surface area (Å²) in [5.41, 5.74) is -1.14. The zero-order valence-electron chi connectivity index (χ0n) is 14.0. The van der Waals surface area contributed by atoms with Crippen LogP contribution in [0.1, 0.15) is 11.1 Å². The molecule has 2 aromatic rings. The van der Waals surface area contributed by atoms with Gasteiger partial charge in [0.2, 0.25) is 0 Å². The number of ether oxygens (including phenoxy) is 1. The molecule has 9 heteroatoms. The summed E-state index contributed by atoms with van der Waals surface area (Å²) in [6, 6.07) is 9.33. The van der Waals surface area contributed by atoms with Crippen LogP contribution in [0.5, 0.6) is 5.75 Å². The molecule has 0 unspecified atom stereocenters. The molecule has 1 heterocycles. The van der Waals surface area contributed by atoms with Crippen LogP contribution in [-0.2, 0) is 22.3 Å². The average molecular weight is 378 g/mol. The van der Waals surface area contributed by atoms with Crippen LogP contribution in [-0.4, -0.2) is 29.9 Å². The smallest absolute Gasteiger partial charge is 0.416 e. The number of imide groups is 2. The second-order valence-electron chi connectivity index (χ2n) is 5.67. The fourth-order valence-corrected chi connectivity index (χ4v) is 2.71. The number of benzene rings is 2. The van der Waals surface area contributed by atoms with Gasteiger partial charge in [0.25, 0.3) is 0 Å². The third-order valence-corrected chi connectivity index (χ3v) is 4.04. The van der Waals surface area contributed by atoms with Crippen molar-refractivity contribution in [1.29, 1.82) is 0 Å². The first-order chi connectivity index (χ1) is 12.7. The largest absolute Gasteiger partial charge is 0.497 e. The molecular weight excluding hydrogens is 365 g/mol. The Hall–Kier alpha value is -3.36. The molecule has 0 radical (unpaired) electrons. The normalized spacial score (nSPS) is 14.9.